The first-order valence-corrected chi connectivity index (χ1v) is 9.40. The Kier molecular flexibility index (Phi) is 5.61. The molecule has 26 heavy (non-hydrogen) atoms. The molecule has 0 saturated heterocycles. The lowest BCUT2D eigenvalue weighted by atomic mass is 10.1. The fraction of sp³-hybridized carbons (Fsp3) is 0.300. The number of hydrogen-bond acceptors (Lipinski definition) is 3. The molecule has 1 aliphatic heterocycles. The second-order valence-corrected chi connectivity index (χ2v) is 7.51. The van der Waals surface area contributed by atoms with Gasteiger partial charge in [0.1, 0.15) is 0 Å². The molecule has 6 heteroatoms. The van der Waals surface area contributed by atoms with E-state index in [4.69, 9.17) is 0 Å². The summed E-state index contributed by atoms with van der Waals surface area (Å²) in [4.78, 5) is 26.5. The maximum atomic E-state index is 12.3. The topological polar surface area (TPSA) is 61.4 Å². The van der Waals surface area contributed by atoms with Crippen molar-refractivity contribution in [3.8, 4) is 0 Å². The first kappa shape index (κ1) is 18.5. The van der Waals surface area contributed by atoms with Crippen molar-refractivity contribution in [3.63, 3.8) is 0 Å². The lowest BCUT2D eigenvalue weighted by Gasteiger charge is -2.24. The summed E-state index contributed by atoms with van der Waals surface area (Å²) in [5, 5.41) is 5.53. The summed E-state index contributed by atoms with van der Waals surface area (Å²) in [6.45, 7) is 4.24. The third-order valence-electron chi connectivity index (χ3n) is 4.57. The van der Waals surface area contributed by atoms with Gasteiger partial charge in [0.25, 0.3) is 0 Å². The molecule has 136 valence electrons. The van der Waals surface area contributed by atoms with Gasteiger partial charge in [0.15, 0.2) is 0 Å². The molecule has 0 bridgehead atoms. The average Bonchev–Trinajstić information content (AvgIpc) is 2.91. The maximum absolute atomic E-state index is 12.3. The Labute approximate surface area is 161 Å². The molecule has 5 nitrogen and oxygen atoms in total. The number of nitrogens with one attached hydrogen (secondary N) is 2. The van der Waals surface area contributed by atoms with Crippen molar-refractivity contribution >= 4 is 39.1 Å². The zero-order chi connectivity index (χ0) is 18.7. The summed E-state index contributed by atoms with van der Waals surface area (Å²) in [6.07, 6.45) is 0.937. The Morgan fingerprint density at radius 3 is 2.73 bits per heavy atom. The van der Waals surface area contributed by atoms with Gasteiger partial charge in [-0.2, -0.15) is 0 Å². The first-order chi connectivity index (χ1) is 12.4. The minimum absolute atomic E-state index is 0.0434. The van der Waals surface area contributed by atoms with Crippen molar-refractivity contribution in [2.45, 2.75) is 26.3 Å². The van der Waals surface area contributed by atoms with E-state index < -0.39 is 0 Å². The maximum Gasteiger partial charge on any atom is 0.243 e. The standard InChI is InChI=1S/C20H22BrN3O2/c1-13-9-16(21)7-8-17(13)23-19(25)11-22-20(26)12-24-14(2)10-15-5-3-4-6-18(15)24/h3-9,14H,10-12H2,1-2H3,(H,22,26)(H,23,25). The van der Waals surface area contributed by atoms with Crippen LogP contribution in [0, 0.1) is 6.92 Å². The Hall–Kier alpha value is -2.34. The number of carbonyl (C=O) groups excluding carboxylic acids is 2. The number of fused-ring (bicyclic) bond motifs is 1. The summed E-state index contributed by atoms with van der Waals surface area (Å²) in [5.41, 5.74) is 4.07. The molecule has 3 rings (SSSR count). The Balaban J connectivity index is 1.52. The van der Waals surface area contributed by atoms with E-state index in [0.29, 0.717) is 0 Å². The number of nitrogens with zero attached hydrogens (tertiary/aromatic N) is 1. The molecule has 0 aliphatic carbocycles. The summed E-state index contributed by atoms with van der Waals surface area (Å²) in [7, 11) is 0. The zero-order valence-corrected chi connectivity index (χ0v) is 16.5. The quantitative estimate of drug-likeness (QED) is 0.787. The van der Waals surface area contributed by atoms with Gasteiger partial charge in [0, 0.05) is 21.9 Å². The smallest absolute Gasteiger partial charge is 0.243 e. The van der Waals surface area contributed by atoms with E-state index in [9.17, 15) is 9.59 Å². The van der Waals surface area contributed by atoms with Gasteiger partial charge in [-0.15, -0.1) is 0 Å². The fourth-order valence-electron chi connectivity index (χ4n) is 3.22. The summed E-state index contributed by atoms with van der Waals surface area (Å²) in [6, 6.07) is 14.0. The zero-order valence-electron chi connectivity index (χ0n) is 14.9. The molecule has 1 unspecified atom stereocenters. The van der Waals surface area contributed by atoms with Gasteiger partial charge in [-0.25, -0.2) is 0 Å². The highest BCUT2D eigenvalue weighted by Gasteiger charge is 2.27. The minimum Gasteiger partial charge on any atom is -0.359 e. The Morgan fingerprint density at radius 1 is 1.19 bits per heavy atom. The molecular weight excluding hydrogens is 394 g/mol. The molecule has 0 fully saturated rings. The van der Waals surface area contributed by atoms with Gasteiger partial charge in [-0.05, 0) is 55.7 Å². The summed E-state index contributed by atoms with van der Waals surface area (Å²) in [5.74, 6) is -0.394. The molecule has 0 aromatic heterocycles. The third kappa shape index (κ3) is 4.25. The fourth-order valence-corrected chi connectivity index (χ4v) is 3.70. The molecule has 1 atom stereocenters. The van der Waals surface area contributed by atoms with E-state index in [1.807, 2.05) is 43.3 Å². The van der Waals surface area contributed by atoms with Crippen LogP contribution in [-0.4, -0.2) is 30.9 Å². The largest absolute Gasteiger partial charge is 0.359 e. The lowest BCUT2D eigenvalue weighted by Crippen LogP contribution is -2.42. The van der Waals surface area contributed by atoms with Crippen LogP contribution in [0.3, 0.4) is 0 Å². The van der Waals surface area contributed by atoms with Gasteiger partial charge in [-0.1, -0.05) is 34.1 Å². The van der Waals surface area contributed by atoms with Crippen LogP contribution >= 0.6 is 15.9 Å². The van der Waals surface area contributed by atoms with Gasteiger partial charge < -0.3 is 15.5 Å². The van der Waals surface area contributed by atoms with Gasteiger partial charge in [0.2, 0.25) is 11.8 Å². The molecule has 0 saturated carbocycles. The van der Waals surface area contributed by atoms with E-state index >= 15 is 0 Å². The van der Waals surface area contributed by atoms with Crippen LogP contribution in [0.1, 0.15) is 18.1 Å². The first-order valence-electron chi connectivity index (χ1n) is 8.61. The highest BCUT2D eigenvalue weighted by Crippen LogP contribution is 2.31. The van der Waals surface area contributed by atoms with Crippen LogP contribution in [0.4, 0.5) is 11.4 Å². The highest BCUT2D eigenvalue weighted by molar-refractivity contribution is 9.10. The minimum atomic E-state index is -0.237. The lowest BCUT2D eigenvalue weighted by molar-refractivity contribution is -0.123. The van der Waals surface area contributed by atoms with Gasteiger partial charge in [-0.3, -0.25) is 9.59 Å². The normalized spacial score (nSPS) is 15.5. The van der Waals surface area contributed by atoms with Crippen LogP contribution in [0.5, 0.6) is 0 Å². The number of halogens is 1. The van der Waals surface area contributed by atoms with Crippen molar-refractivity contribution in [3.05, 3.63) is 58.1 Å². The van der Waals surface area contributed by atoms with E-state index in [1.54, 1.807) is 0 Å². The Bertz CT molecular complexity index is 838. The summed E-state index contributed by atoms with van der Waals surface area (Å²) >= 11 is 3.40. The number of para-hydroxylation sites is 1. The van der Waals surface area contributed by atoms with Crippen molar-refractivity contribution in [1.29, 1.82) is 0 Å². The SMILES string of the molecule is Cc1cc(Br)ccc1NC(=O)CNC(=O)CN1c2ccccc2CC1C. The average molecular weight is 416 g/mol. The predicted molar refractivity (Wildman–Crippen MR) is 107 cm³/mol. The predicted octanol–water partition coefficient (Wildman–Crippen LogP) is 3.26. The second kappa shape index (κ2) is 7.91. The molecule has 1 heterocycles. The van der Waals surface area contributed by atoms with E-state index in [-0.39, 0.29) is 30.9 Å². The number of hydrogen-bond donors (Lipinski definition) is 2. The van der Waals surface area contributed by atoms with Gasteiger partial charge >= 0.3 is 0 Å². The molecule has 2 aromatic rings. The molecule has 2 aromatic carbocycles. The van der Waals surface area contributed by atoms with Crippen LogP contribution in [0.15, 0.2) is 46.9 Å². The van der Waals surface area contributed by atoms with Crippen LogP contribution in [0.25, 0.3) is 0 Å². The molecule has 0 radical (unpaired) electrons. The number of benzene rings is 2. The molecule has 1 aliphatic rings. The number of rotatable bonds is 5. The third-order valence-corrected chi connectivity index (χ3v) is 5.06. The Morgan fingerprint density at radius 2 is 1.96 bits per heavy atom. The van der Waals surface area contributed by atoms with Crippen LogP contribution in [0.2, 0.25) is 0 Å². The summed E-state index contributed by atoms with van der Waals surface area (Å²) < 4.78 is 0.960. The molecule has 2 N–H and O–H groups in total. The molecule has 2 amide bonds. The van der Waals surface area contributed by atoms with Crippen LogP contribution < -0.4 is 15.5 Å². The van der Waals surface area contributed by atoms with Crippen molar-refractivity contribution in [1.82, 2.24) is 5.32 Å². The van der Waals surface area contributed by atoms with E-state index in [2.05, 4.69) is 44.5 Å². The number of amides is 2. The van der Waals surface area contributed by atoms with E-state index in [0.717, 1.165) is 27.8 Å². The highest BCUT2D eigenvalue weighted by atomic mass is 79.9. The number of aryl methyl sites for hydroxylation is 1. The van der Waals surface area contributed by atoms with Crippen molar-refractivity contribution in [2.24, 2.45) is 0 Å². The van der Waals surface area contributed by atoms with Crippen molar-refractivity contribution in [2.75, 3.05) is 23.3 Å². The number of anilines is 2. The monoisotopic (exact) mass is 415 g/mol. The van der Waals surface area contributed by atoms with Crippen molar-refractivity contribution < 1.29 is 9.59 Å². The second-order valence-electron chi connectivity index (χ2n) is 6.59. The molecular formula is C20H22BrN3O2. The van der Waals surface area contributed by atoms with Crippen LogP contribution in [-0.2, 0) is 16.0 Å². The molecule has 0 spiro atoms. The number of carbonyl (C=O) groups is 2. The van der Waals surface area contributed by atoms with E-state index in [1.165, 1.54) is 5.56 Å². The van der Waals surface area contributed by atoms with Gasteiger partial charge in [0.05, 0.1) is 13.1 Å².